The van der Waals surface area contributed by atoms with Crippen molar-refractivity contribution < 1.29 is 0 Å². The highest BCUT2D eigenvalue weighted by Gasteiger charge is 1.69. The summed E-state index contributed by atoms with van der Waals surface area (Å²) in [5.74, 6) is 2.50. The van der Waals surface area contributed by atoms with Gasteiger partial charge in [-0.2, -0.15) is 0 Å². The Kier molecular flexibility index (Phi) is 30.7. The summed E-state index contributed by atoms with van der Waals surface area (Å²) < 4.78 is 0. The quantitative estimate of drug-likeness (QED) is 0.374. The smallest absolute Gasteiger partial charge is 0.115 e. The molecule has 0 saturated carbocycles. The molecule has 0 spiro atoms. The first-order valence-electron chi connectivity index (χ1n) is 10.7. The molecule has 168 valence electrons. The number of hydrogen-bond acceptors (Lipinski definition) is 3. The second-order valence-electron chi connectivity index (χ2n) is 8.28. The molecule has 0 radical (unpaired) electrons. The largest absolute Gasteiger partial charge is 0.265 e. The zero-order valence-electron chi connectivity index (χ0n) is 20.7. The van der Waals surface area contributed by atoms with Crippen LogP contribution in [0.15, 0.2) is 91.8 Å². The van der Waals surface area contributed by atoms with Crippen molar-refractivity contribution in [3.8, 4) is 0 Å². The predicted molar refractivity (Wildman–Crippen MR) is 134 cm³/mol. The summed E-state index contributed by atoms with van der Waals surface area (Å²) >= 11 is 0. The fourth-order valence-electron chi connectivity index (χ4n) is 0.951. The molecule has 3 rings (SSSR count). The molecule has 0 fully saturated rings. The fraction of sp³-hybridized carbons (Fsp3) is 0.444. The molecule has 3 heteroatoms. The Balaban J connectivity index is -0.000000296. The first kappa shape index (κ1) is 32.1. The maximum atomic E-state index is 3.78. The predicted octanol–water partition coefficient (Wildman–Crippen LogP) is 8.23. The molecule has 3 nitrogen and oxygen atoms in total. The molecular formula is C27H45N3. The van der Waals surface area contributed by atoms with Crippen LogP contribution in [0.25, 0.3) is 0 Å². The number of rotatable bonds is 0. The number of aromatic nitrogens is 3. The summed E-state index contributed by atoms with van der Waals surface area (Å²) in [5.41, 5.74) is 0. The normalized spacial score (nSPS) is 8.40. The lowest BCUT2D eigenvalue weighted by Gasteiger charge is -1.79. The molecule has 0 saturated heterocycles. The van der Waals surface area contributed by atoms with Crippen LogP contribution in [0.4, 0.5) is 0 Å². The number of benzene rings is 1. The summed E-state index contributed by atoms with van der Waals surface area (Å²) in [4.78, 5) is 11.1. The summed E-state index contributed by atoms with van der Waals surface area (Å²) in [6.07, 6.45) is 8.38. The lowest BCUT2D eigenvalue weighted by atomic mass is 10.3. The van der Waals surface area contributed by atoms with E-state index in [-0.39, 0.29) is 0 Å². The van der Waals surface area contributed by atoms with Gasteiger partial charge in [0.15, 0.2) is 0 Å². The third kappa shape index (κ3) is 63.7. The van der Waals surface area contributed by atoms with E-state index in [0.717, 1.165) is 17.8 Å². The molecule has 3 aromatic rings. The molecule has 0 aliphatic rings. The van der Waals surface area contributed by atoms with Crippen molar-refractivity contribution in [1.29, 1.82) is 0 Å². The van der Waals surface area contributed by atoms with Crippen LogP contribution >= 0.6 is 0 Å². The highest BCUT2D eigenvalue weighted by Crippen LogP contribution is 1.82. The van der Waals surface area contributed by atoms with Crippen LogP contribution < -0.4 is 0 Å². The average Bonchev–Trinajstić information content (AvgIpc) is 2.72. The second-order valence-corrected chi connectivity index (χ2v) is 8.28. The van der Waals surface area contributed by atoms with E-state index in [2.05, 4.69) is 77.3 Å². The highest BCUT2D eigenvalue weighted by atomic mass is 14.8. The van der Waals surface area contributed by atoms with Crippen molar-refractivity contribution in [2.75, 3.05) is 0 Å². The summed E-state index contributed by atoms with van der Waals surface area (Å²) in [6.45, 7) is 19.5. The SMILES string of the molecule is CC(C)C.CC(C)C.CC(C)C.c1ccccc1.c1ccncc1.c1cncnc1. The molecule has 30 heavy (non-hydrogen) atoms. The monoisotopic (exact) mass is 411 g/mol. The van der Waals surface area contributed by atoms with Crippen LogP contribution in [0.1, 0.15) is 62.3 Å². The zero-order chi connectivity index (χ0) is 23.5. The van der Waals surface area contributed by atoms with Crippen LogP contribution in [0.3, 0.4) is 0 Å². The van der Waals surface area contributed by atoms with Gasteiger partial charge in [-0.1, -0.05) is 105 Å². The Morgan fingerprint density at radius 2 is 0.567 bits per heavy atom. The van der Waals surface area contributed by atoms with Gasteiger partial charge < -0.3 is 0 Å². The van der Waals surface area contributed by atoms with Crippen LogP contribution in [-0.2, 0) is 0 Å². The summed E-state index contributed by atoms with van der Waals surface area (Å²) in [6, 6.07) is 19.5. The molecular weight excluding hydrogens is 366 g/mol. The lowest BCUT2D eigenvalue weighted by Crippen LogP contribution is -1.66. The Morgan fingerprint density at radius 3 is 0.667 bits per heavy atom. The Hall–Kier alpha value is -2.55. The molecule has 0 unspecified atom stereocenters. The molecule has 0 bridgehead atoms. The summed E-state index contributed by atoms with van der Waals surface area (Å²) in [5, 5.41) is 0. The van der Waals surface area contributed by atoms with Crippen LogP contribution in [0.2, 0.25) is 0 Å². The van der Waals surface area contributed by atoms with E-state index < -0.39 is 0 Å². The van der Waals surface area contributed by atoms with Gasteiger partial charge in [-0.15, -0.1) is 0 Å². The third-order valence-electron chi connectivity index (χ3n) is 1.71. The van der Waals surface area contributed by atoms with E-state index in [9.17, 15) is 0 Å². The molecule has 2 aromatic heterocycles. The molecule has 2 heterocycles. The Labute approximate surface area is 187 Å². The molecule has 0 N–H and O–H groups in total. The topological polar surface area (TPSA) is 38.7 Å². The van der Waals surface area contributed by atoms with Gasteiger partial charge in [-0.25, -0.2) is 9.97 Å². The van der Waals surface area contributed by atoms with Crippen molar-refractivity contribution in [3.05, 3.63) is 91.8 Å². The maximum absolute atomic E-state index is 3.78. The minimum Gasteiger partial charge on any atom is -0.265 e. The van der Waals surface area contributed by atoms with Gasteiger partial charge in [0, 0.05) is 24.8 Å². The fourth-order valence-corrected chi connectivity index (χ4v) is 0.951. The van der Waals surface area contributed by atoms with Gasteiger partial charge in [0.05, 0.1) is 0 Å². The van der Waals surface area contributed by atoms with Crippen molar-refractivity contribution in [2.24, 2.45) is 17.8 Å². The van der Waals surface area contributed by atoms with Crippen LogP contribution in [0, 0.1) is 17.8 Å². The van der Waals surface area contributed by atoms with Crippen molar-refractivity contribution in [3.63, 3.8) is 0 Å². The van der Waals surface area contributed by atoms with Gasteiger partial charge in [0.1, 0.15) is 6.33 Å². The maximum Gasteiger partial charge on any atom is 0.115 e. The van der Waals surface area contributed by atoms with Gasteiger partial charge in [-0.3, -0.25) is 4.98 Å². The van der Waals surface area contributed by atoms with E-state index in [4.69, 9.17) is 0 Å². The second kappa shape index (κ2) is 28.7. The number of pyridine rings is 1. The lowest BCUT2D eigenvalue weighted by molar-refractivity contribution is 0.736. The van der Waals surface area contributed by atoms with E-state index in [0.29, 0.717) is 0 Å². The minimum atomic E-state index is 0.833. The van der Waals surface area contributed by atoms with Gasteiger partial charge in [-0.05, 0) is 36.0 Å². The summed E-state index contributed by atoms with van der Waals surface area (Å²) in [7, 11) is 0. The van der Waals surface area contributed by atoms with Gasteiger partial charge in [0.25, 0.3) is 0 Å². The minimum absolute atomic E-state index is 0.833. The van der Waals surface area contributed by atoms with E-state index in [1.165, 1.54) is 6.33 Å². The Morgan fingerprint density at radius 1 is 0.333 bits per heavy atom. The standard InChI is InChI=1S/C6H6.C5H5N.C4H4N2.3C4H10/c2*1-2-4-6-5-3-1;1-2-5-4-6-3-1;3*1-4(2)3/h1-6H;1-5H;1-4H;3*4H,1-3H3. The average molecular weight is 412 g/mol. The van der Waals surface area contributed by atoms with E-state index in [1.807, 2.05) is 54.6 Å². The number of nitrogens with zero attached hydrogens (tertiary/aromatic N) is 3. The third-order valence-corrected chi connectivity index (χ3v) is 1.71. The van der Waals surface area contributed by atoms with Crippen LogP contribution in [-0.4, -0.2) is 15.0 Å². The van der Waals surface area contributed by atoms with Crippen molar-refractivity contribution in [2.45, 2.75) is 62.3 Å². The van der Waals surface area contributed by atoms with E-state index in [1.54, 1.807) is 30.9 Å². The Bertz CT molecular complexity index is 405. The van der Waals surface area contributed by atoms with Crippen molar-refractivity contribution >= 4 is 0 Å². The van der Waals surface area contributed by atoms with Gasteiger partial charge in [0.2, 0.25) is 0 Å². The zero-order valence-corrected chi connectivity index (χ0v) is 20.7. The highest BCUT2D eigenvalue weighted by molar-refractivity contribution is 4.99. The molecule has 0 aliphatic carbocycles. The first-order valence-corrected chi connectivity index (χ1v) is 10.7. The first-order chi connectivity index (χ1) is 14.2. The molecule has 0 amide bonds. The number of hydrogen-bond donors (Lipinski definition) is 0. The molecule has 0 aliphatic heterocycles. The molecule has 1 aromatic carbocycles. The van der Waals surface area contributed by atoms with Gasteiger partial charge >= 0.3 is 0 Å². The van der Waals surface area contributed by atoms with Crippen LogP contribution in [0.5, 0.6) is 0 Å². The molecule has 0 atom stereocenters. The van der Waals surface area contributed by atoms with Crippen molar-refractivity contribution in [1.82, 2.24) is 15.0 Å². The van der Waals surface area contributed by atoms with E-state index >= 15 is 0 Å².